The second-order valence-electron chi connectivity index (χ2n) is 2.74. The Balaban J connectivity index is 0. The van der Waals surface area contributed by atoms with Crippen molar-refractivity contribution < 1.29 is 14.3 Å². The molecule has 0 fully saturated rings. The van der Waals surface area contributed by atoms with Gasteiger partial charge < -0.3 is 9.53 Å². The Morgan fingerprint density at radius 1 is 1.36 bits per heavy atom. The van der Waals surface area contributed by atoms with Crippen molar-refractivity contribution in [1.82, 2.24) is 0 Å². The molecule has 11 heavy (non-hydrogen) atoms. The lowest BCUT2D eigenvalue weighted by molar-refractivity contribution is -0.148. The van der Waals surface area contributed by atoms with E-state index in [9.17, 15) is 4.79 Å². The molecule has 64 valence electrons. The van der Waals surface area contributed by atoms with Gasteiger partial charge in [0.25, 0.3) is 0 Å². The molecule has 0 bridgehead atoms. The molecular formula is C8H14O3. The largest absolute Gasteiger partial charge is 0.457 e. The zero-order chi connectivity index (χ0) is 9.49. The van der Waals surface area contributed by atoms with Crippen LogP contribution in [0, 0.1) is 0 Å². The minimum Gasteiger partial charge on any atom is -0.457 e. The molecule has 0 aromatic carbocycles. The van der Waals surface area contributed by atoms with Crippen LogP contribution in [0.2, 0.25) is 0 Å². The van der Waals surface area contributed by atoms with Crippen LogP contribution in [-0.4, -0.2) is 18.4 Å². The molecule has 0 aliphatic heterocycles. The monoisotopic (exact) mass is 158 g/mol. The van der Waals surface area contributed by atoms with E-state index in [4.69, 9.17) is 9.53 Å². The maximum Gasteiger partial charge on any atom is 0.330 e. The standard InChI is InChI=1S/C7H12O2.CH2O/c1-5-6(8)9-7(2,3)4;1-2/h5H,1H2,2-4H3;1H2. The number of carbonyl (C=O) groups is 2. The van der Waals surface area contributed by atoms with Crippen molar-refractivity contribution in [1.29, 1.82) is 0 Å². The molecule has 0 rings (SSSR count). The van der Waals surface area contributed by atoms with Crippen molar-refractivity contribution >= 4 is 12.8 Å². The van der Waals surface area contributed by atoms with E-state index in [1.54, 1.807) is 0 Å². The van der Waals surface area contributed by atoms with Gasteiger partial charge in [0.05, 0.1) is 0 Å². The van der Waals surface area contributed by atoms with Gasteiger partial charge in [-0.15, -0.1) is 0 Å². The lowest BCUT2D eigenvalue weighted by atomic mass is 10.2. The lowest BCUT2D eigenvalue weighted by Crippen LogP contribution is -2.22. The highest BCUT2D eigenvalue weighted by Gasteiger charge is 2.12. The highest BCUT2D eigenvalue weighted by Crippen LogP contribution is 2.06. The fourth-order valence-electron chi connectivity index (χ4n) is 0.343. The Hall–Kier alpha value is -1.12. The summed E-state index contributed by atoms with van der Waals surface area (Å²) in [5.74, 6) is -0.373. The van der Waals surface area contributed by atoms with E-state index in [0.29, 0.717) is 0 Å². The van der Waals surface area contributed by atoms with E-state index in [0.717, 1.165) is 6.08 Å². The van der Waals surface area contributed by atoms with E-state index < -0.39 is 5.60 Å². The molecule has 0 saturated heterocycles. The summed E-state index contributed by atoms with van der Waals surface area (Å²) in [6.07, 6.45) is 1.16. The Bertz CT molecular complexity index is 133. The van der Waals surface area contributed by atoms with Gasteiger partial charge >= 0.3 is 5.97 Å². The van der Waals surface area contributed by atoms with Crippen LogP contribution in [0.3, 0.4) is 0 Å². The van der Waals surface area contributed by atoms with Crippen LogP contribution in [0.4, 0.5) is 0 Å². The van der Waals surface area contributed by atoms with E-state index >= 15 is 0 Å². The van der Waals surface area contributed by atoms with Crippen LogP contribution in [0.15, 0.2) is 12.7 Å². The summed E-state index contributed by atoms with van der Waals surface area (Å²) in [6, 6.07) is 0. The van der Waals surface area contributed by atoms with Crippen molar-refractivity contribution in [3.8, 4) is 0 Å². The molecule has 0 heterocycles. The highest BCUT2D eigenvalue weighted by molar-refractivity contribution is 5.81. The molecule has 0 atom stereocenters. The van der Waals surface area contributed by atoms with E-state index in [1.165, 1.54) is 0 Å². The summed E-state index contributed by atoms with van der Waals surface area (Å²) in [4.78, 5) is 18.5. The average Bonchev–Trinajstić information content (AvgIpc) is 1.89. The van der Waals surface area contributed by atoms with Crippen LogP contribution < -0.4 is 0 Å². The van der Waals surface area contributed by atoms with Gasteiger partial charge in [-0.3, -0.25) is 0 Å². The zero-order valence-electron chi connectivity index (χ0n) is 7.22. The third-order valence-electron chi connectivity index (χ3n) is 0.573. The molecule has 0 radical (unpaired) electrons. The van der Waals surface area contributed by atoms with Gasteiger partial charge in [-0.2, -0.15) is 0 Å². The lowest BCUT2D eigenvalue weighted by Gasteiger charge is -2.17. The molecule has 0 spiro atoms. The van der Waals surface area contributed by atoms with Crippen molar-refractivity contribution in [2.24, 2.45) is 0 Å². The second kappa shape index (κ2) is 5.65. The molecule has 0 aromatic heterocycles. The fraction of sp³-hybridized carbons (Fsp3) is 0.500. The minimum absolute atomic E-state index is 0.373. The molecule has 0 saturated carbocycles. The van der Waals surface area contributed by atoms with Crippen LogP contribution in [0.1, 0.15) is 20.8 Å². The molecular weight excluding hydrogens is 144 g/mol. The summed E-state index contributed by atoms with van der Waals surface area (Å²) in [5, 5.41) is 0. The van der Waals surface area contributed by atoms with Gasteiger partial charge in [0, 0.05) is 6.08 Å². The van der Waals surface area contributed by atoms with Crippen LogP contribution in [-0.2, 0) is 14.3 Å². The van der Waals surface area contributed by atoms with Crippen molar-refractivity contribution in [2.75, 3.05) is 0 Å². The maximum absolute atomic E-state index is 10.5. The molecule has 0 amide bonds. The zero-order valence-corrected chi connectivity index (χ0v) is 7.22. The molecule has 0 aliphatic carbocycles. The SMILES string of the molecule is C=CC(=O)OC(C)(C)C.C=O. The molecule has 3 nitrogen and oxygen atoms in total. The Morgan fingerprint density at radius 3 is 1.82 bits per heavy atom. The van der Waals surface area contributed by atoms with Gasteiger partial charge in [-0.1, -0.05) is 6.58 Å². The minimum atomic E-state index is -0.398. The summed E-state index contributed by atoms with van der Waals surface area (Å²) in [5.41, 5.74) is -0.398. The van der Waals surface area contributed by atoms with Gasteiger partial charge in [0.15, 0.2) is 0 Å². The summed E-state index contributed by atoms with van der Waals surface area (Å²) < 4.78 is 4.83. The first-order valence-corrected chi connectivity index (χ1v) is 3.10. The van der Waals surface area contributed by atoms with Crippen LogP contribution in [0.25, 0.3) is 0 Å². The van der Waals surface area contributed by atoms with Crippen LogP contribution in [0.5, 0.6) is 0 Å². The first kappa shape index (κ1) is 12.5. The number of hydrogen-bond acceptors (Lipinski definition) is 3. The number of carbonyl (C=O) groups excluding carboxylic acids is 2. The molecule has 0 aliphatic rings. The van der Waals surface area contributed by atoms with Gasteiger partial charge in [0.2, 0.25) is 0 Å². The van der Waals surface area contributed by atoms with Gasteiger partial charge in [0.1, 0.15) is 12.4 Å². The van der Waals surface area contributed by atoms with Gasteiger partial charge in [-0.25, -0.2) is 4.79 Å². The average molecular weight is 158 g/mol. The first-order valence-electron chi connectivity index (χ1n) is 3.10. The topological polar surface area (TPSA) is 43.4 Å². The Morgan fingerprint density at radius 2 is 1.73 bits per heavy atom. The first-order chi connectivity index (χ1) is 4.95. The summed E-state index contributed by atoms with van der Waals surface area (Å²) in [7, 11) is 0. The number of rotatable bonds is 1. The number of hydrogen-bond donors (Lipinski definition) is 0. The quantitative estimate of drug-likeness (QED) is 0.427. The number of esters is 1. The summed E-state index contributed by atoms with van der Waals surface area (Å²) in [6.45, 7) is 10.7. The van der Waals surface area contributed by atoms with E-state index in [2.05, 4.69) is 6.58 Å². The number of ether oxygens (including phenoxy) is 1. The normalized spacial score (nSPS) is 9.00. The third kappa shape index (κ3) is 12.2. The molecule has 3 heteroatoms. The van der Waals surface area contributed by atoms with Gasteiger partial charge in [-0.05, 0) is 20.8 Å². The predicted octanol–water partition coefficient (Wildman–Crippen LogP) is 1.33. The third-order valence-corrected chi connectivity index (χ3v) is 0.573. The summed E-state index contributed by atoms with van der Waals surface area (Å²) >= 11 is 0. The van der Waals surface area contributed by atoms with Crippen molar-refractivity contribution in [3.63, 3.8) is 0 Å². The molecule has 0 unspecified atom stereocenters. The van der Waals surface area contributed by atoms with Crippen molar-refractivity contribution in [2.45, 2.75) is 26.4 Å². The Labute approximate surface area is 67.0 Å². The second-order valence-corrected chi connectivity index (χ2v) is 2.74. The van der Waals surface area contributed by atoms with Crippen molar-refractivity contribution in [3.05, 3.63) is 12.7 Å². The van der Waals surface area contributed by atoms with E-state index in [-0.39, 0.29) is 5.97 Å². The highest BCUT2D eigenvalue weighted by atomic mass is 16.6. The molecule has 0 aromatic rings. The predicted molar refractivity (Wildman–Crippen MR) is 43.2 cm³/mol. The van der Waals surface area contributed by atoms with E-state index in [1.807, 2.05) is 27.6 Å². The molecule has 0 N–H and O–H groups in total. The van der Waals surface area contributed by atoms with Crippen LogP contribution >= 0.6 is 0 Å². The smallest absolute Gasteiger partial charge is 0.330 e. The fourth-order valence-corrected chi connectivity index (χ4v) is 0.343. The Kier molecular flexibility index (Phi) is 6.44. The maximum atomic E-state index is 10.5.